The SMILES string of the molecule is CCN(C(N)=NC#N)[C@H]1c2cc(C#N)ccc2OC(C)(C)[C@@H]1O. The molecule has 2 atom stereocenters. The Labute approximate surface area is 135 Å². The molecule has 0 bridgehead atoms. The van der Waals surface area contributed by atoms with E-state index in [0.29, 0.717) is 23.4 Å². The number of guanidine groups is 1. The fourth-order valence-electron chi connectivity index (χ4n) is 2.79. The Bertz CT molecular complexity index is 714. The van der Waals surface area contributed by atoms with E-state index in [2.05, 4.69) is 11.1 Å². The normalized spacial score (nSPS) is 22.3. The number of rotatable bonds is 2. The number of nitriles is 2. The van der Waals surface area contributed by atoms with Gasteiger partial charge in [-0.2, -0.15) is 10.5 Å². The Kier molecular flexibility index (Phi) is 4.44. The number of aliphatic hydroxyl groups excluding tert-OH is 1. The minimum absolute atomic E-state index is 0.0186. The standard InChI is InChI=1S/C16H19N5O2/c1-4-21(15(19)20-9-18)13-11-7-10(8-17)5-6-12(11)23-16(2,3)14(13)22/h5-7,13-14,22H,4H2,1-3H3,(H2,19,20)/t13-,14+/m0/s1. The summed E-state index contributed by atoms with van der Waals surface area (Å²) in [7, 11) is 0. The third kappa shape index (κ3) is 2.92. The topological polar surface area (TPSA) is 119 Å². The smallest absolute Gasteiger partial charge is 0.209 e. The highest BCUT2D eigenvalue weighted by atomic mass is 16.5. The first kappa shape index (κ1) is 16.6. The van der Waals surface area contributed by atoms with Gasteiger partial charge in [0.1, 0.15) is 17.5 Å². The average Bonchev–Trinajstić information content (AvgIpc) is 2.51. The first-order chi connectivity index (χ1) is 10.9. The van der Waals surface area contributed by atoms with Crippen molar-refractivity contribution in [1.82, 2.24) is 4.90 Å². The van der Waals surface area contributed by atoms with Gasteiger partial charge in [0.2, 0.25) is 12.2 Å². The number of fused-ring (bicyclic) bond motifs is 1. The van der Waals surface area contributed by atoms with Gasteiger partial charge in [-0.15, -0.1) is 4.99 Å². The fraction of sp³-hybridized carbons (Fsp3) is 0.438. The molecule has 1 aliphatic heterocycles. The van der Waals surface area contributed by atoms with E-state index in [1.54, 1.807) is 43.1 Å². The van der Waals surface area contributed by atoms with Crippen LogP contribution in [0.4, 0.5) is 0 Å². The molecular weight excluding hydrogens is 294 g/mol. The zero-order valence-electron chi connectivity index (χ0n) is 13.3. The molecule has 0 saturated heterocycles. The van der Waals surface area contributed by atoms with Crippen molar-refractivity contribution in [2.75, 3.05) is 6.54 Å². The van der Waals surface area contributed by atoms with Crippen molar-refractivity contribution in [3.63, 3.8) is 0 Å². The molecule has 0 amide bonds. The van der Waals surface area contributed by atoms with Crippen LogP contribution < -0.4 is 10.5 Å². The Balaban J connectivity index is 2.63. The van der Waals surface area contributed by atoms with Crippen molar-refractivity contribution >= 4 is 5.96 Å². The second-order valence-electron chi connectivity index (χ2n) is 5.82. The minimum atomic E-state index is -0.920. The lowest BCUT2D eigenvalue weighted by molar-refractivity contribution is -0.0811. The van der Waals surface area contributed by atoms with Crippen molar-refractivity contribution in [2.45, 2.75) is 38.5 Å². The Morgan fingerprint density at radius 2 is 2.17 bits per heavy atom. The molecule has 7 heteroatoms. The van der Waals surface area contributed by atoms with Gasteiger partial charge in [0.15, 0.2) is 0 Å². The predicted molar refractivity (Wildman–Crippen MR) is 84.2 cm³/mol. The molecule has 7 nitrogen and oxygen atoms in total. The number of aliphatic imine (C=N–C) groups is 1. The van der Waals surface area contributed by atoms with Gasteiger partial charge in [0.05, 0.1) is 17.7 Å². The Hall–Kier alpha value is -2.77. The van der Waals surface area contributed by atoms with E-state index in [-0.39, 0.29) is 5.96 Å². The Morgan fingerprint density at radius 1 is 1.48 bits per heavy atom. The second kappa shape index (κ2) is 6.15. The van der Waals surface area contributed by atoms with Crippen LogP contribution in [0.15, 0.2) is 23.2 Å². The van der Waals surface area contributed by atoms with Crippen LogP contribution in [0.1, 0.15) is 37.9 Å². The molecule has 0 saturated carbocycles. The number of hydrogen-bond acceptors (Lipinski definition) is 5. The molecule has 1 aliphatic rings. The average molecular weight is 313 g/mol. The van der Waals surface area contributed by atoms with Gasteiger partial charge < -0.3 is 20.5 Å². The molecule has 120 valence electrons. The van der Waals surface area contributed by atoms with Crippen LogP contribution in [-0.2, 0) is 0 Å². The number of ether oxygens (including phenoxy) is 1. The third-order valence-corrected chi connectivity index (χ3v) is 3.98. The van der Waals surface area contributed by atoms with Crippen LogP contribution in [0.3, 0.4) is 0 Å². The summed E-state index contributed by atoms with van der Waals surface area (Å²) in [5, 5.41) is 28.7. The van der Waals surface area contributed by atoms with Crippen molar-refractivity contribution < 1.29 is 9.84 Å². The zero-order valence-corrected chi connectivity index (χ0v) is 13.3. The van der Waals surface area contributed by atoms with Crippen molar-refractivity contribution in [3.05, 3.63) is 29.3 Å². The van der Waals surface area contributed by atoms with Crippen molar-refractivity contribution in [2.24, 2.45) is 10.7 Å². The summed E-state index contributed by atoms with van der Waals surface area (Å²) in [6, 6.07) is 6.54. The number of likely N-dealkylation sites (N-methyl/N-ethyl adjacent to an activating group) is 1. The Morgan fingerprint density at radius 3 is 2.74 bits per heavy atom. The van der Waals surface area contributed by atoms with Crippen LogP contribution >= 0.6 is 0 Å². The predicted octanol–water partition coefficient (Wildman–Crippen LogP) is 1.25. The van der Waals surface area contributed by atoms with Gasteiger partial charge in [0, 0.05) is 12.1 Å². The highest BCUT2D eigenvalue weighted by Gasteiger charge is 2.45. The molecule has 1 aromatic rings. The highest BCUT2D eigenvalue weighted by molar-refractivity contribution is 5.79. The lowest BCUT2D eigenvalue weighted by Gasteiger charge is -2.46. The summed E-state index contributed by atoms with van der Waals surface area (Å²) in [6.07, 6.45) is 0.739. The molecule has 0 radical (unpaired) electrons. The van der Waals surface area contributed by atoms with Gasteiger partial charge in [-0.25, -0.2) is 0 Å². The molecule has 2 rings (SSSR count). The third-order valence-electron chi connectivity index (χ3n) is 3.98. The first-order valence-corrected chi connectivity index (χ1v) is 7.25. The summed E-state index contributed by atoms with van der Waals surface area (Å²) in [5.41, 5.74) is 6.13. The number of hydrogen-bond donors (Lipinski definition) is 2. The van der Waals surface area contributed by atoms with E-state index in [4.69, 9.17) is 21.0 Å². The lowest BCUT2D eigenvalue weighted by atomic mass is 9.85. The maximum atomic E-state index is 10.8. The summed E-state index contributed by atoms with van der Waals surface area (Å²) in [5.74, 6) is 0.595. The van der Waals surface area contributed by atoms with Gasteiger partial charge in [-0.3, -0.25) is 0 Å². The molecule has 1 heterocycles. The number of aliphatic hydroxyl groups is 1. The van der Waals surface area contributed by atoms with E-state index >= 15 is 0 Å². The second-order valence-corrected chi connectivity index (χ2v) is 5.82. The highest BCUT2D eigenvalue weighted by Crippen LogP contribution is 2.43. The number of nitrogens with two attached hydrogens (primary N) is 1. The van der Waals surface area contributed by atoms with E-state index in [1.165, 1.54) is 0 Å². The molecule has 3 N–H and O–H groups in total. The van der Waals surface area contributed by atoms with Gasteiger partial charge in [-0.1, -0.05) is 0 Å². The molecule has 0 unspecified atom stereocenters. The first-order valence-electron chi connectivity index (χ1n) is 7.25. The van der Waals surface area contributed by atoms with Crippen molar-refractivity contribution in [3.8, 4) is 18.0 Å². The minimum Gasteiger partial charge on any atom is -0.485 e. The molecule has 23 heavy (non-hydrogen) atoms. The molecule has 1 aromatic carbocycles. The van der Waals surface area contributed by atoms with E-state index in [9.17, 15) is 5.11 Å². The maximum absolute atomic E-state index is 10.8. The summed E-state index contributed by atoms with van der Waals surface area (Å²) in [6.45, 7) is 5.84. The molecule has 0 aromatic heterocycles. The molecule has 0 spiro atoms. The summed E-state index contributed by atoms with van der Waals surface area (Å²) >= 11 is 0. The maximum Gasteiger partial charge on any atom is 0.209 e. The van der Waals surface area contributed by atoms with Crippen LogP contribution in [0.5, 0.6) is 5.75 Å². The van der Waals surface area contributed by atoms with Gasteiger partial charge >= 0.3 is 0 Å². The number of benzene rings is 1. The fourth-order valence-corrected chi connectivity index (χ4v) is 2.79. The summed E-state index contributed by atoms with van der Waals surface area (Å²) < 4.78 is 5.86. The lowest BCUT2D eigenvalue weighted by Crippen LogP contribution is -2.55. The molecular formula is C16H19N5O2. The summed E-state index contributed by atoms with van der Waals surface area (Å²) in [4.78, 5) is 5.21. The van der Waals surface area contributed by atoms with Crippen LogP contribution in [0.25, 0.3) is 0 Å². The van der Waals surface area contributed by atoms with E-state index in [1.807, 2.05) is 6.92 Å². The molecule has 0 aliphatic carbocycles. The van der Waals surface area contributed by atoms with Crippen molar-refractivity contribution in [1.29, 1.82) is 10.5 Å². The quantitative estimate of drug-likeness (QED) is 0.482. The van der Waals surface area contributed by atoms with Crippen LogP contribution in [0, 0.1) is 22.8 Å². The molecule has 0 fully saturated rings. The largest absolute Gasteiger partial charge is 0.485 e. The van der Waals surface area contributed by atoms with Crippen LogP contribution in [0.2, 0.25) is 0 Å². The zero-order chi connectivity index (χ0) is 17.2. The van der Waals surface area contributed by atoms with E-state index < -0.39 is 17.7 Å². The van der Waals surface area contributed by atoms with Gasteiger partial charge in [0.25, 0.3) is 0 Å². The monoisotopic (exact) mass is 313 g/mol. The van der Waals surface area contributed by atoms with E-state index in [0.717, 1.165) is 0 Å². The number of nitrogens with zero attached hydrogens (tertiary/aromatic N) is 4. The van der Waals surface area contributed by atoms with Gasteiger partial charge in [-0.05, 0) is 39.0 Å². The van der Waals surface area contributed by atoms with Crippen LogP contribution in [-0.4, -0.2) is 34.2 Å².